The van der Waals surface area contributed by atoms with E-state index in [2.05, 4.69) is 5.32 Å². The zero-order chi connectivity index (χ0) is 12.1. The van der Waals surface area contributed by atoms with Crippen molar-refractivity contribution in [1.29, 1.82) is 0 Å². The number of anilines is 1. The van der Waals surface area contributed by atoms with Crippen LogP contribution in [0.25, 0.3) is 0 Å². The van der Waals surface area contributed by atoms with Crippen molar-refractivity contribution in [3.8, 4) is 5.75 Å². The average molecular weight is 243 g/mol. The molecule has 0 bridgehead atoms. The van der Waals surface area contributed by atoms with Crippen LogP contribution in [0.4, 0.5) is 5.69 Å². The maximum absolute atomic E-state index is 10.9. The molecule has 0 fully saturated rings. The lowest BCUT2D eigenvalue weighted by Crippen LogP contribution is -2.07. The van der Waals surface area contributed by atoms with Crippen LogP contribution in [0.2, 0.25) is 0 Å². The number of benzene rings is 1. The summed E-state index contributed by atoms with van der Waals surface area (Å²) in [6.45, 7) is 1.39. The molecule has 0 radical (unpaired) electrons. The first-order valence-electron chi connectivity index (χ1n) is 4.55. The van der Waals surface area contributed by atoms with Crippen molar-refractivity contribution in [2.24, 2.45) is 0 Å². The van der Waals surface area contributed by atoms with Gasteiger partial charge >= 0.3 is 0 Å². The number of carbonyl (C=O) groups excluding carboxylic acids is 1. The van der Waals surface area contributed by atoms with Crippen LogP contribution in [-0.2, 0) is 21.6 Å². The Kier molecular flexibility index (Phi) is 4.45. The SMILES string of the molecule is COc1ccc(CS(=O)O)cc1NC(C)=O. The quantitative estimate of drug-likeness (QED) is 0.783. The summed E-state index contributed by atoms with van der Waals surface area (Å²) in [4.78, 5) is 10.9. The topological polar surface area (TPSA) is 75.6 Å². The largest absolute Gasteiger partial charge is 0.495 e. The van der Waals surface area contributed by atoms with Crippen LogP contribution in [0.3, 0.4) is 0 Å². The third-order valence-corrected chi connectivity index (χ3v) is 2.45. The molecule has 1 unspecified atom stereocenters. The number of rotatable bonds is 4. The number of nitrogens with one attached hydrogen (secondary N) is 1. The summed E-state index contributed by atoms with van der Waals surface area (Å²) < 4.78 is 24.5. The molecule has 0 aromatic heterocycles. The van der Waals surface area contributed by atoms with E-state index in [1.54, 1.807) is 18.2 Å². The summed E-state index contributed by atoms with van der Waals surface area (Å²) in [7, 11) is 1.49. The fourth-order valence-electron chi connectivity index (χ4n) is 1.27. The van der Waals surface area contributed by atoms with E-state index in [-0.39, 0.29) is 11.7 Å². The molecule has 0 spiro atoms. The van der Waals surface area contributed by atoms with E-state index >= 15 is 0 Å². The third kappa shape index (κ3) is 3.63. The number of ether oxygens (including phenoxy) is 1. The van der Waals surface area contributed by atoms with Gasteiger partial charge in [0, 0.05) is 6.92 Å². The Morgan fingerprint density at radius 2 is 2.25 bits per heavy atom. The molecule has 1 aromatic rings. The fraction of sp³-hybridized carbons (Fsp3) is 0.300. The monoisotopic (exact) mass is 243 g/mol. The van der Waals surface area contributed by atoms with Crippen molar-refractivity contribution >= 4 is 22.7 Å². The van der Waals surface area contributed by atoms with E-state index in [0.717, 1.165) is 0 Å². The minimum atomic E-state index is -1.90. The maximum Gasteiger partial charge on any atom is 0.221 e. The van der Waals surface area contributed by atoms with Crippen molar-refractivity contribution in [3.05, 3.63) is 23.8 Å². The van der Waals surface area contributed by atoms with Gasteiger partial charge in [-0.1, -0.05) is 6.07 Å². The van der Waals surface area contributed by atoms with Gasteiger partial charge in [-0.05, 0) is 17.7 Å². The minimum absolute atomic E-state index is 0.0244. The van der Waals surface area contributed by atoms with E-state index < -0.39 is 11.1 Å². The predicted octanol–water partition coefficient (Wildman–Crippen LogP) is 1.38. The van der Waals surface area contributed by atoms with Gasteiger partial charge < -0.3 is 14.6 Å². The highest BCUT2D eigenvalue weighted by molar-refractivity contribution is 7.78. The lowest BCUT2D eigenvalue weighted by Gasteiger charge is -2.10. The Morgan fingerprint density at radius 3 is 2.75 bits per heavy atom. The number of amides is 1. The van der Waals surface area contributed by atoms with Gasteiger partial charge in [0.25, 0.3) is 0 Å². The maximum atomic E-state index is 10.9. The molecular formula is C10H13NO4S. The summed E-state index contributed by atoms with van der Waals surface area (Å²) in [6.07, 6.45) is 0. The second kappa shape index (κ2) is 5.62. The van der Waals surface area contributed by atoms with Crippen LogP contribution in [0.1, 0.15) is 12.5 Å². The summed E-state index contributed by atoms with van der Waals surface area (Å²) >= 11 is -1.90. The Labute approximate surface area is 96.1 Å². The molecule has 0 aliphatic rings. The van der Waals surface area contributed by atoms with Crippen LogP contribution in [0.15, 0.2) is 18.2 Å². The molecule has 0 saturated carbocycles. The van der Waals surface area contributed by atoms with E-state index in [9.17, 15) is 9.00 Å². The Hall–Kier alpha value is -1.40. The first-order chi connectivity index (χ1) is 7.52. The van der Waals surface area contributed by atoms with Crippen molar-refractivity contribution in [2.75, 3.05) is 12.4 Å². The molecule has 2 N–H and O–H groups in total. The molecule has 16 heavy (non-hydrogen) atoms. The van der Waals surface area contributed by atoms with Gasteiger partial charge in [0.15, 0.2) is 11.1 Å². The van der Waals surface area contributed by atoms with E-state index in [0.29, 0.717) is 17.0 Å². The number of carbonyl (C=O) groups is 1. The number of hydrogen-bond acceptors (Lipinski definition) is 3. The first kappa shape index (κ1) is 12.7. The average Bonchev–Trinajstić information content (AvgIpc) is 2.16. The molecule has 0 aliphatic heterocycles. The lowest BCUT2D eigenvalue weighted by molar-refractivity contribution is -0.114. The zero-order valence-corrected chi connectivity index (χ0v) is 9.84. The second-order valence-electron chi connectivity index (χ2n) is 3.18. The number of methoxy groups -OCH3 is 1. The predicted molar refractivity (Wildman–Crippen MR) is 61.8 cm³/mol. The van der Waals surface area contributed by atoms with Crippen LogP contribution >= 0.6 is 0 Å². The first-order valence-corrected chi connectivity index (χ1v) is 5.82. The van der Waals surface area contributed by atoms with E-state index in [1.165, 1.54) is 14.0 Å². The summed E-state index contributed by atoms with van der Waals surface area (Å²) in [6, 6.07) is 4.94. The standard InChI is InChI=1S/C10H13NO4S/c1-7(12)11-9-5-8(6-16(13)14)3-4-10(9)15-2/h3-5H,6H2,1-2H3,(H,11,12)(H,13,14). The van der Waals surface area contributed by atoms with Crippen molar-refractivity contribution in [1.82, 2.24) is 0 Å². The van der Waals surface area contributed by atoms with Crippen molar-refractivity contribution < 1.29 is 18.3 Å². The van der Waals surface area contributed by atoms with Gasteiger partial charge in [-0.2, -0.15) is 0 Å². The molecule has 0 heterocycles. The molecule has 88 valence electrons. The highest BCUT2D eigenvalue weighted by Gasteiger charge is 2.07. The van der Waals surface area contributed by atoms with Crippen LogP contribution in [-0.4, -0.2) is 21.8 Å². The highest BCUT2D eigenvalue weighted by Crippen LogP contribution is 2.25. The molecule has 6 heteroatoms. The smallest absolute Gasteiger partial charge is 0.221 e. The lowest BCUT2D eigenvalue weighted by atomic mass is 10.2. The molecular weight excluding hydrogens is 230 g/mol. The van der Waals surface area contributed by atoms with Crippen molar-refractivity contribution in [2.45, 2.75) is 12.7 Å². The van der Waals surface area contributed by atoms with E-state index in [1.807, 2.05) is 0 Å². The van der Waals surface area contributed by atoms with Crippen molar-refractivity contribution in [3.63, 3.8) is 0 Å². The summed E-state index contributed by atoms with van der Waals surface area (Å²) in [5.74, 6) is 0.319. The fourth-order valence-corrected chi connectivity index (χ4v) is 1.74. The molecule has 5 nitrogen and oxygen atoms in total. The number of hydrogen-bond donors (Lipinski definition) is 2. The Bertz CT molecular complexity index is 419. The molecule has 1 atom stereocenters. The van der Waals surface area contributed by atoms with Gasteiger partial charge in [0.05, 0.1) is 18.6 Å². The van der Waals surface area contributed by atoms with E-state index in [4.69, 9.17) is 9.29 Å². The van der Waals surface area contributed by atoms with Gasteiger partial charge in [-0.15, -0.1) is 0 Å². The van der Waals surface area contributed by atoms with Gasteiger partial charge in [-0.25, -0.2) is 4.21 Å². The highest BCUT2D eigenvalue weighted by atomic mass is 32.2. The summed E-state index contributed by atoms with van der Waals surface area (Å²) in [5.41, 5.74) is 1.16. The van der Waals surface area contributed by atoms with Crippen LogP contribution in [0.5, 0.6) is 5.75 Å². The molecule has 0 saturated heterocycles. The van der Waals surface area contributed by atoms with Gasteiger partial charge in [0.1, 0.15) is 5.75 Å². The molecule has 0 aliphatic carbocycles. The van der Waals surface area contributed by atoms with Crippen LogP contribution < -0.4 is 10.1 Å². The molecule has 1 rings (SSSR count). The minimum Gasteiger partial charge on any atom is -0.495 e. The zero-order valence-electron chi connectivity index (χ0n) is 9.02. The third-order valence-electron chi connectivity index (χ3n) is 1.86. The summed E-state index contributed by atoms with van der Waals surface area (Å²) in [5, 5.41) is 2.59. The molecule has 1 aromatic carbocycles. The second-order valence-corrected chi connectivity index (χ2v) is 4.11. The Morgan fingerprint density at radius 1 is 1.56 bits per heavy atom. The molecule has 1 amide bonds. The van der Waals surface area contributed by atoms with Gasteiger partial charge in [0.2, 0.25) is 5.91 Å². The normalized spacial score (nSPS) is 11.9. The Balaban J connectivity index is 3.00. The van der Waals surface area contributed by atoms with Gasteiger partial charge in [-0.3, -0.25) is 4.79 Å². The van der Waals surface area contributed by atoms with Crippen LogP contribution in [0, 0.1) is 0 Å².